The van der Waals surface area contributed by atoms with Gasteiger partial charge >= 0.3 is 5.97 Å². The molecule has 1 saturated heterocycles. The highest BCUT2D eigenvalue weighted by Crippen LogP contribution is 2.13. The van der Waals surface area contributed by atoms with Crippen molar-refractivity contribution < 1.29 is 14.3 Å². The molecule has 0 radical (unpaired) electrons. The van der Waals surface area contributed by atoms with Crippen LogP contribution in [-0.4, -0.2) is 30.6 Å². The third-order valence-corrected chi connectivity index (χ3v) is 2.94. The molecule has 18 heavy (non-hydrogen) atoms. The molecule has 1 aromatic carbocycles. The van der Waals surface area contributed by atoms with E-state index < -0.39 is 11.9 Å². The summed E-state index contributed by atoms with van der Waals surface area (Å²) < 4.78 is 4.69. The van der Waals surface area contributed by atoms with Gasteiger partial charge in [0.25, 0.3) is 0 Å². The molecule has 94 valence electrons. The molecule has 0 amide bonds. The van der Waals surface area contributed by atoms with Gasteiger partial charge in [-0.3, -0.25) is 14.6 Å². The van der Waals surface area contributed by atoms with Gasteiger partial charge in [0.15, 0.2) is 18.3 Å². The first-order chi connectivity index (χ1) is 8.68. The molecule has 0 saturated carbocycles. The average molecular weight is 245 g/mol. The van der Waals surface area contributed by atoms with Crippen molar-refractivity contribution in [3.8, 4) is 0 Å². The Morgan fingerprint density at radius 2 is 2.06 bits per heavy atom. The van der Waals surface area contributed by atoms with Gasteiger partial charge in [-0.25, -0.2) is 0 Å². The fourth-order valence-corrected chi connectivity index (χ4v) is 1.94. The van der Waals surface area contributed by atoms with E-state index in [-0.39, 0.29) is 12.4 Å². The molecular weight excluding hydrogens is 230 g/mol. The summed E-state index contributed by atoms with van der Waals surface area (Å²) in [5, 5.41) is 0. The molecule has 1 fully saturated rings. The summed E-state index contributed by atoms with van der Waals surface area (Å²) >= 11 is 0. The van der Waals surface area contributed by atoms with E-state index in [1.807, 2.05) is 30.3 Å². The van der Waals surface area contributed by atoms with Crippen LogP contribution in [0.25, 0.3) is 0 Å². The first kappa shape index (κ1) is 12.5. The van der Waals surface area contributed by atoms with E-state index in [1.165, 1.54) is 5.56 Å². The Morgan fingerprint density at radius 3 is 2.67 bits per heavy atom. The lowest BCUT2D eigenvalue weighted by Crippen LogP contribution is -2.24. The lowest BCUT2D eigenvalue weighted by atomic mass is 10.0. The number of cyclic esters (lactones) is 1. The van der Waals surface area contributed by atoms with Gasteiger partial charge in [-0.15, -0.1) is 0 Å². The van der Waals surface area contributed by atoms with Gasteiger partial charge in [0.05, 0.1) is 0 Å². The third-order valence-electron chi connectivity index (χ3n) is 2.94. The molecule has 1 unspecified atom stereocenters. The van der Waals surface area contributed by atoms with Gasteiger partial charge in [-0.2, -0.15) is 0 Å². The van der Waals surface area contributed by atoms with Crippen molar-refractivity contribution in [3.63, 3.8) is 0 Å². The Morgan fingerprint density at radius 1 is 1.33 bits per heavy atom. The standard InChI is InChI=1S/C14H15NO3/c1-10(13-12(16)9-18-14(13)17)15-8-7-11-5-3-2-4-6-11/h2-6,13H,7-9H2,1H3. The number of aliphatic imine (C=N–C) groups is 1. The van der Waals surface area contributed by atoms with Crippen molar-refractivity contribution in [1.29, 1.82) is 0 Å². The second kappa shape index (κ2) is 5.58. The van der Waals surface area contributed by atoms with Crippen LogP contribution in [0.1, 0.15) is 12.5 Å². The van der Waals surface area contributed by atoms with Gasteiger partial charge in [0.2, 0.25) is 0 Å². The first-order valence-corrected chi connectivity index (χ1v) is 5.92. The maximum Gasteiger partial charge on any atom is 0.322 e. The predicted molar refractivity (Wildman–Crippen MR) is 67.6 cm³/mol. The smallest absolute Gasteiger partial charge is 0.322 e. The van der Waals surface area contributed by atoms with Crippen molar-refractivity contribution in [3.05, 3.63) is 35.9 Å². The second-order valence-electron chi connectivity index (χ2n) is 4.27. The number of Topliss-reactive ketones (excluding diaryl/α,β-unsaturated/α-hetero) is 1. The summed E-state index contributed by atoms with van der Waals surface area (Å²) in [6.45, 7) is 2.17. The summed E-state index contributed by atoms with van der Waals surface area (Å²) in [7, 11) is 0. The Labute approximate surface area is 106 Å². The number of nitrogens with zero attached hydrogens (tertiary/aromatic N) is 1. The summed E-state index contributed by atoms with van der Waals surface area (Å²) in [5.41, 5.74) is 1.74. The molecule has 1 aromatic rings. The lowest BCUT2D eigenvalue weighted by molar-refractivity contribution is -0.139. The monoisotopic (exact) mass is 245 g/mol. The Kier molecular flexibility index (Phi) is 3.87. The molecular formula is C14H15NO3. The molecule has 0 aliphatic carbocycles. The van der Waals surface area contributed by atoms with Gasteiger partial charge in [0.1, 0.15) is 0 Å². The SMILES string of the molecule is CC(=NCCc1ccccc1)C1C(=O)COC1=O. The van der Waals surface area contributed by atoms with Crippen LogP contribution in [0.15, 0.2) is 35.3 Å². The molecule has 1 heterocycles. The van der Waals surface area contributed by atoms with E-state index in [2.05, 4.69) is 4.99 Å². The van der Waals surface area contributed by atoms with Gasteiger partial charge in [-0.1, -0.05) is 30.3 Å². The summed E-state index contributed by atoms with van der Waals surface area (Å²) in [5.74, 6) is -1.44. The molecule has 4 nitrogen and oxygen atoms in total. The number of ketones is 1. The zero-order valence-corrected chi connectivity index (χ0v) is 10.3. The first-order valence-electron chi connectivity index (χ1n) is 5.92. The van der Waals surface area contributed by atoms with Crippen molar-refractivity contribution in [2.24, 2.45) is 10.9 Å². The average Bonchev–Trinajstić information content (AvgIpc) is 2.70. The lowest BCUT2D eigenvalue weighted by Gasteiger charge is -2.04. The van der Waals surface area contributed by atoms with E-state index in [0.29, 0.717) is 12.3 Å². The van der Waals surface area contributed by atoms with E-state index in [0.717, 1.165) is 6.42 Å². The van der Waals surface area contributed by atoms with E-state index >= 15 is 0 Å². The van der Waals surface area contributed by atoms with E-state index in [1.54, 1.807) is 6.92 Å². The largest absolute Gasteiger partial charge is 0.457 e. The van der Waals surface area contributed by atoms with Crippen LogP contribution in [0, 0.1) is 5.92 Å². The summed E-state index contributed by atoms with van der Waals surface area (Å²) in [6, 6.07) is 9.97. The molecule has 1 aliphatic rings. The highest BCUT2D eigenvalue weighted by Gasteiger charge is 2.37. The van der Waals surface area contributed by atoms with Crippen molar-refractivity contribution in [1.82, 2.24) is 0 Å². The van der Waals surface area contributed by atoms with Crippen LogP contribution in [-0.2, 0) is 20.7 Å². The molecule has 0 aromatic heterocycles. The maximum absolute atomic E-state index is 11.4. The van der Waals surface area contributed by atoms with Crippen LogP contribution in [0.3, 0.4) is 0 Å². The van der Waals surface area contributed by atoms with Gasteiger partial charge in [-0.05, 0) is 18.9 Å². The third kappa shape index (κ3) is 2.83. The number of benzene rings is 1. The molecule has 4 heteroatoms. The summed E-state index contributed by atoms with van der Waals surface area (Å²) in [4.78, 5) is 27.1. The van der Waals surface area contributed by atoms with Crippen LogP contribution >= 0.6 is 0 Å². The topological polar surface area (TPSA) is 55.7 Å². The number of hydrogen-bond acceptors (Lipinski definition) is 4. The van der Waals surface area contributed by atoms with E-state index in [9.17, 15) is 9.59 Å². The normalized spacial score (nSPS) is 20.1. The Hall–Kier alpha value is -1.97. The number of hydrogen-bond donors (Lipinski definition) is 0. The molecule has 1 atom stereocenters. The molecule has 1 aliphatic heterocycles. The van der Waals surface area contributed by atoms with Crippen molar-refractivity contribution >= 4 is 17.5 Å². The fourth-order valence-electron chi connectivity index (χ4n) is 1.94. The number of carbonyl (C=O) groups excluding carboxylic acids is 2. The van der Waals surface area contributed by atoms with Crippen molar-refractivity contribution in [2.75, 3.05) is 13.2 Å². The highest BCUT2D eigenvalue weighted by atomic mass is 16.5. The van der Waals surface area contributed by atoms with Crippen LogP contribution in [0.4, 0.5) is 0 Å². The van der Waals surface area contributed by atoms with E-state index in [4.69, 9.17) is 4.74 Å². The number of esters is 1. The molecule has 0 spiro atoms. The summed E-state index contributed by atoms with van der Waals surface area (Å²) in [6.07, 6.45) is 0.800. The minimum atomic E-state index is -0.777. The number of carbonyl (C=O) groups is 2. The number of rotatable bonds is 4. The van der Waals surface area contributed by atoms with Gasteiger partial charge in [0, 0.05) is 12.3 Å². The zero-order valence-electron chi connectivity index (χ0n) is 10.3. The fraction of sp³-hybridized carbons (Fsp3) is 0.357. The van der Waals surface area contributed by atoms with Crippen LogP contribution in [0.5, 0.6) is 0 Å². The number of ether oxygens (including phenoxy) is 1. The quantitative estimate of drug-likeness (QED) is 0.458. The van der Waals surface area contributed by atoms with Crippen LogP contribution < -0.4 is 0 Å². The van der Waals surface area contributed by atoms with Crippen molar-refractivity contribution in [2.45, 2.75) is 13.3 Å². The second-order valence-corrected chi connectivity index (χ2v) is 4.27. The Balaban J connectivity index is 1.93. The maximum atomic E-state index is 11.4. The predicted octanol–water partition coefficient (Wildman–Crippen LogP) is 1.43. The minimum Gasteiger partial charge on any atom is -0.457 e. The Bertz CT molecular complexity index is 463. The minimum absolute atomic E-state index is 0.116. The molecule has 2 rings (SSSR count). The highest BCUT2D eigenvalue weighted by molar-refractivity contribution is 6.21. The molecule has 0 bridgehead atoms. The van der Waals surface area contributed by atoms with Crippen LogP contribution in [0.2, 0.25) is 0 Å². The van der Waals surface area contributed by atoms with Gasteiger partial charge < -0.3 is 4.74 Å². The zero-order chi connectivity index (χ0) is 13.0. The molecule has 0 N–H and O–H groups in total.